The molecule has 2 heteroatoms. The van der Waals surface area contributed by atoms with Gasteiger partial charge in [0.2, 0.25) is 0 Å². The number of hydrogen-bond donors (Lipinski definition) is 2. The van der Waals surface area contributed by atoms with Gasteiger partial charge in [0.1, 0.15) is 0 Å². The van der Waals surface area contributed by atoms with Gasteiger partial charge in [-0.3, -0.25) is 0 Å². The molecule has 0 bridgehead atoms. The number of nitrogens with one attached hydrogen (secondary N) is 1. The van der Waals surface area contributed by atoms with Gasteiger partial charge in [0.25, 0.3) is 0 Å². The molecule has 2 nitrogen and oxygen atoms in total. The van der Waals surface area contributed by atoms with Gasteiger partial charge in [-0.1, -0.05) is 37.3 Å². The highest BCUT2D eigenvalue weighted by Crippen LogP contribution is 2.20. The molecule has 0 aromatic heterocycles. The second-order valence-electron chi connectivity index (χ2n) is 5.56. The summed E-state index contributed by atoms with van der Waals surface area (Å²) in [6.45, 7) is 3.37. The van der Waals surface area contributed by atoms with Crippen LogP contribution < -0.4 is 5.32 Å². The molecule has 2 N–H and O–H groups in total. The van der Waals surface area contributed by atoms with Crippen molar-refractivity contribution < 1.29 is 5.11 Å². The van der Waals surface area contributed by atoms with E-state index in [1.165, 1.54) is 12.0 Å². The molecule has 1 atom stereocenters. The molecule has 0 saturated heterocycles. The smallest absolute Gasteiger partial charge is 0.0541 e. The fraction of sp³-hybridized carbons (Fsp3) is 0.625. The Morgan fingerprint density at radius 1 is 1.17 bits per heavy atom. The summed E-state index contributed by atoms with van der Waals surface area (Å²) >= 11 is 0. The minimum Gasteiger partial charge on any atom is -0.393 e. The molecule has 1 fully saturated rings. The summed E-state index contributed by atoms with van der Waals surface area (Å²) in [5.74, 6) is 0.618. The van der Waals surface area contributed by atoms with Crippen LogP contribution in [0.3, 0.4) is 0 Å². The van der Waals surface area contributed by atoms with Crippen LogP contribution in [-0.4, -0.2) is 23.8 Å². The van der Waals surface area contributed by atoms with Crippen LogP contribution in [0, 0.1) is 0 Å². The van der Waals surface area contributed by atoms with Crippen molar-refractivity contribution in [2.45, 2.75) is 57.1 Å². The molecule has 100 valence electrons. The molecule has 1 aromatic carbocycles. The predicted molar refractivity (Wildman–Crippen MR) is 75.7 cm³/mol. The van der Waals surface area contributed by atoms with Crippen LogP contribution in [0.5, 0.6) is 0 Å². The largest absolute Gasteiger partial charge is 0.393 e. The fourth-order valence-corrected chi connectivity index (χ4v) is 2.73. The van der Waals surface area contributed by atoms with Gasteiger partial charge in [0.05, 0.1) is 6.10 Å². The van der Waals surface area contributed by atoms with E-state index in [9.17, 15) is 5.11 Å². The van der Waals surface area contributed by atoms with Crippen molar-refractivity contribution in [3.05, 3.63) is 35.9 Å². The molecule has 0 heterocycles. The quantitative estimate of drug-likeness (QED) is 0.838. The third-order valence-electron chi connectivity index (χ3n) is 4.08. The van der Waals surface area contributed by atoms with Crippen LogP contribution in [-0.2, 0) is 0 Å². The second kappa shape index (κ2) is 6.91. The van der Waals surface area contributed by atoms with Crippen molar-refractivity contribution >= 4 is 0 Å². The number of benzene rings is 1. The lowest BCUT2D eigenvalue weighted by atomic mass is 9.92. The molecule has 0 spiro atoms. The van der Waals surface area contributed by atoms with Crippen molar-refractivity contribution in [3.8, 4) is 0 Å². The Kier molecular flexibility index (Phi) is 5.21. The van der Waals surface area contributed by atoms with Crippen molar-refractivity contribution in [1.29, 1.82) is 0 Å². The zero-order valence-corrected chi connectivity index (χ0v) is 11.3. The summed E-state index contributed by atoms with van der Waals surface area (Å²) < 4.78 is 0. The third-order valence-corrected chi connectivity index (χ3v) is 4.08. The van der Waals surface area contributed by atoms with Crippen LogP contribution >= 0.6 is 0 Å². The highest BCUT2D eigenvalue weighted by molar-refractivity contribution is 5.18. The number of rotatable bonds is 5. The second-order valence-corrected chi connectivity index (χ2v) is 5.56. The summed E-state index contributed by atoms with van der Waals surface area (Å²) in [5.41, 5.74) is 1.43. The monoisotopic (exact) mass is 247 g/mol. The minimum atomic E-state index is -0.0497. The van der Waals surface area contributed by atoms with Crippen molar-refractivity contribution in [2.24, 2.45) is 0 Å². The highest BCUT2D eigenvalue weighted by atomic mass is 16.3. The van der Waals surface area contributed by atoms with Gasteiger partial charge in [0, 0.05) is 6.04 Å². The van der Waals surface area contributed by atoms with Gasteiger partial charge < -0.3 is 10.4 Å². The Hall–Kier alpha value is -0.860. The maximum atomic E-state index is 9.46. The summed E-state index contributed by atoms with van der Waals surface area (Å²) in [5, 5.41) is 13.1. The maximum Gasteiger partial charge on any atom is 0.0541 e. The average Bonchev–Trinajstić information content (AvgIpc) is 2.42. The van der Waals surface area contributed by atoms with E-state index in [1.807, 2.05) is 0 Å². The Morgan fingerprint density at radius 2 is 1.83 bits per heavy atom. The van der Waals surface area contributed by atoms with Crippen LogP contribution in [0.2, 0.25) is 0 Å². The standard InChI is InChI=1S/C16H25NO/c1-13(14-5-3-2-4-6-14)11-12-17-15-7-9-16(18)10-8-15/h2-6,13,15-18H,7-12H2,1H3. The Balaban J connectivity index is 1.66. The van der Waals surface area contributed by atoms with Gasteiger partial charge in [-0.05, 0) is 50.1 Å². The maximum absolute atomic E-state index is 9.46. The zero-order chi connectivity index (χ0) is 12.8. The lowest BCUT2D eigenvalue weighted by Gasteiger charge is -2.26. The summed E-state index contributed by atoms with van der Waals surface area (Å²) in [7, 11) is 0. The molecule has 18 heavy (non-hydrogen) atoms. The number of hydrogen-bond acceptors (Lipinski definition) is 2. The molecule has 0 radical (unpaired) electrons. The third kappa shape index (κ3) is 4.11. The first-order chi connectivity index (χ1) is 8.75. The molecule has 1 aliphatic rings. The molecular weight excluding hydrogens is 222 g/mol. The molecule has 1 unspecified atom stereocenters. The SMILES string of the molecule is CC(CCNC1CCC(O)CC1)c1ccccc1. The van der Waals surface area contributed by atoms with Gasteiger partial charge in [-0.15, -0.1) is 0 Å². The fourth-order valence-electron chi connectivity index (χ4n) is 2.73. The van der Waals surface area contributed by atoms with Crippen LogP contribution in [0.25, 0.3) is 0 Å². The first kappa shape index (κ1) is 13.6. The van der Waals surface area contributed by atoms with Crippen molar-refractivity contribution in [3.63, 3.8) is 0 Å². The van der Waals surface area contributed by atoms with Crippen LogP contribution in [0.1, 0.15) is 50.5 Å². The Bertz CT molecular complexity index is 330. The van der Waals surface area contributed by atoms with Gasteiger partial charge >= 0.3 is 0 Å². The summed E-state index contributed by atoms with van der Waals surface area (Å²) in [4.78, 5) is 0. The minimum absolute atomic E-state index is 0.0497. The van der Waals surface area contributed by atoms with Gasteiger partial charge in [0.15, 0.2) is 0 Å². The van der Waals surface area contributed by atoms with E-state index in [0.717, 1.165) is 32.2 Å². The Labute approximate surface area is 110 Å². The Morgan fingerprint density at radius 3 is 2.50 bits per heavy atom. The lowest BCUT2D eigenvalue weighted by molar-refractivity contribution is 0.116. The lowest BCUT2D eigenvalue weighted by Crippen LogP contribution is -2.35. The summed E-state index contributed by atoms with van der Waals surface area (Å²) in [6.07, 6.45) is 5.31. The van der Waals surface area contributed by atoms with Crippen molar-refractivity contribution in [2.75, 3.05) is 6.54 Å². The van der Waals surface area contributed by atoms with E-state index >= 15 is 0 Å². The topological polar surface area (TPSA) is 32.3 Å². The van der Waals surface area contributed by atoms with Crippen LogP contribution in [0.4, 0.5) is 0 Å². The molecular formula is C16H25NO. The predicted octanol–water partition coefficient (Wildman–Crippen LogP) is 3.07. The first-order valence-electron chi connectivity index (χ1n) is 7.22. The van der Waals surface area contributed by atoms with Gasteiger partial charge in [-0.25, -0.2) is 0 Å². The molecule has 2 rings (SSSR count). The van der Waals surface area contributed by atoms with E-state index < -0.39 is 0 Å². The molecule has 0 aliphatic heterocycles. The molecule has 1 aromatic rings. The average molecular weight is 247 g/mol. The summed E-state index contributed by atoms with van der Waals surface area (Å²) in [6, 6.07) is 11.3. The number of aliphatic hydroxyl groups excluding tert-OH is 1. The highest BCUT2D eigenvalue weighted by Gasteiger charge is 2.18. The van der Waals surface area contributed by atoms with Crippen molar-refractivity contribution in [1.82, 2.24) is 5.32 Å². The van der Waals surface area contributed by atoms with E-state index in [2.05, 4.69) is 42.6 Å². The molecule has 1 saturated carbocycles. The first-order valence-corrected chi connectivity index (χ1v) is 7.22. The van der Waals surface area contributed by atoms with E-state index in [0.29, 0.717) is 12.0 Å². The van der Waals surface area contributed by atoms with E-state index in [4.69, 9.17) is 0 Å². The van der Waals surface area contributed by atoms with Crippen LogP contribution in [0.15, 0.2) is 30.3 Å². The normalized spacial score (nSPS) is 25.9. The molecule has 0 amide bonds. The zero-order valence-electron chi connectivity index (χ0n) is 11.3. The van der Waals surface area contributed by atoms with Gasteiger partial charge in [-0.2, -0.15) is 0 Å². The molecule has 1 aliphatic carbocycles. The number of aliphatic hydroxyl groups is 1. The van der Waals surface area contributed by atoms with E-state index in [1.54, 1.807) is 0 Å². The van der Waals surface area contributed by atoms with E-state index in [-0.39, 0.29) is 6.10 Å².